The number of aromatic nitrogens is 2. The fourth-order valence-corrected chi connectivity index (χ4v) is 5.62. The molecule has 3 aromatic heterocycles. The van der Waals surface area contributed by atoms with Crippen molar-refractivity contribution in [2.45, 2.75) is 45.3 Å². The van der Waals surface area contributed by atoms with E-state index in [1.165, 1.54) is 0 Å². The maximum absolute atomic E-state index is 13.6. The van der Waals surface area contributed by atoms with E-state index in [1.54, 1.807) is 49.1 Å². The lowest BCUT2D eigenvalue weighted by molar-refractivity contribution is 0.0230. The fraction of sp³-hybridized carbons (Fsp3) is 0.370. The number of hydrogen-bond acceptors (Lipinski definition) is 6. The zero-order valence-electron chi connectivity index (χ0n) is 20.5. The average Bonchev–Trinajstić information content (AvgIpc) is 3.58. The molecule has 0 radical (unpaired) electrons. The van der Waals surface area contributed by atoms with Crippen LogP contribution in [0.5, 0.6) is 11.5 Å². The molecule has 186 valence electrons. The van der Waals surface area contributed by atoms with Gasteiger partial charge in [0.05, 0.1) is 29.5 Å². The maximum Gasteiger partial charge on any atom is 0.256 e. The highest BCUT2D eigenvalue weighted by Gasteiger charge is 2.39. The minimum atomic E-state index is -0.194. The van der Waals surface area contributed by atoms with Crippen molar-refractivity contribution in [3.8, 4) is 11.5 Å². The smallest absolute Gasteiger partial charge is 0.256 e. The number of furan rings is 1. The van der Waals surface area contributed by atoms with E-state index >= 15 is 0 Å². The van der Waals surface area contributed by atoms with E-state index in [9.17, 15) is 9.59 Å². The van der Waals surface area contributed by atoms with Crippen LogP contribution in [0.4, 0.5) is 0 Å². The molecule has 2 aliphatic rings. The second kappa shape index (κ2) is 8.67. The van der Waals surface area contributed by atoms with Gasteiger partial charge >= 0.3 is 0 Å². The van der Waals surface area contributed by atoms with Gasteiger partial charge in [-0.15, -0.1) is 0 Å². The molecule has 5 heterocycles. The highest BCUT2D eigenvalue weighted by atomic mass is 16.5. The zero-order chi connectivity index (χ0) is 25.0. The normalized spacial score (nSPS) is 19.6. The zero-order valence-corrected chi connectivity index (χ0v) is 20.5. The van der Waals surface area contributed by atoms with Crippen molar-refractivity contribution in [1.82, 2.24) is 19.8 Å². The lowest BCUT2D eigenvalue weighted by atomic mass is 9.97. The predicted octanol–water partition coefficient (Wildman–Crippen LogP) is 4.24. The quantitative estimate of drug-likeness (QED) is 0.461. The van der Waals surface area contributed by atoms with Crippen LogP contribution in [0, 0.1) is 13.8 Å². The summed E-state index contributed by atoms with van der Waals surface area (Å²) in [5.74, 6) is 1.50. The number of benzene rings is 1. The molecule has 36 heavy (non-hydrogen) atoms. The van der Waals surface area contributed by atoms with Gasteiger partial charge in [-0.3, -0.25) is 9.59 Å². The van der Waals surface area contributed by atoms with Gasteiger partial charge in [0.2, 0.25) is 0 Å². The largest absolute Gasteiger partial charge is 0.460 e. The third-order valence-corrected chi connectivity index (χ3v) is 7.36. The third kappa shape index (κ3) is 3.53. The second-order valence-electron chi connectivity index (χ2n) is 9.43. The number of aryl methyl sites for hydroxylation is 2. The number of nitrogens with zero attached hydrogens (tertiary/aromatic N) is 3. The van der Waals surface area contributed by atoms with Gasteiger partial charge < -0.3 is 24.1 Å². The van der Waals surface area contributed by atoms with E-state index in [1.807, 2.05) is 17.9 Å². The van der Waals surface area contributed by atoms with Crippen LogP contribution in [0.15, 0.2) is 41.1 Å². The lowest BCUT2D eigenvalue weighted by Crippen LogP contribution is -2.48. The van der Waals surface area contributed by atoms with E-state index in [0.29, 0.717) is 40.6 Å². The summed E-state index contributed by atoms with van der Waals surface area (Å²) < 4.78 is 19.6. The van der Waals surface area contributed by atoms with Gasteiger partial charge in [-0.25, -0.2) is 4.52 Å². The number of fused-ring (bicyclic) bond motifs is 3. The Morgan fingerprint density at radius 1 is 1.19 bits per heavy atom. The molecule has 2 unspecified atom stereocenters. The average molecular weight is 489 g/mol. The van der Waals surface area contributed by atoms with Gasteiger partial charge in [0.25, 0.3) is 11.8 Å². The molecular weight excluding hydrogens is 460 g/mol. The van der Waals surface area contributed by atoms with Crippen molar-refractivity contribution >= 4 is 28.3 Å². The Labute approximate surface area is 207 Å². The van der Waals surface area contributed by atoms with E-state index < -0.39 is 0 Å². The molecule has 9 nitrogen and oxygen atoms in total. The van der Waals surface area contributed by atoms with Gasteiger partial charge in [-0.05, 0) is 50.8 Å². The van der Waals surface area contributed by atoms with Gasteiger partial charge in [0.1, 0.15) is 22.6 Å². The summed E-state index contributed by atoms with van der Waals surface area (Å²) in [6.07, 6.45) is 6.41. The van der Waals surface area contributed by atoms with Crippen LogP contribution in [0.2, 0.25) is 0 Å². The van der Waals surface area contributed by atoms with Gasteiger partial charge in [-0.2, -0.15) is 5.10 Å². The minimum absolute atomic E-state index is 0.0124. The Kier molecular flexibility index (Phi) is 5.44. The summed E-state index contributed by atoms with van der Waals surface area (Å²) in [4.78, 5) is 27.8. The molecular formula is C27H28N4O5. The Morgan fingerprint density at radius 3 is 2.89 bits per heavy atom. The molecule has 1 aromatic carbocycles. The van der Waals surface area contributed by atoms with Gasteiger partial charge in [0, 0.05) is 43.9 Å². The molecule has 0 bridgehead atoms. The minimum Gasteiger partial charge on any atom is -0.460 e. The van der Waals surface area contributed by atoms with E-state index in [-0.39, 0.29) is 24.0 Å². The summed E-state index contributed by atoms with van der Waals surface area (Å²) in [5.41, 5.74) is 3.26. The standard InChI is InChI=1S/C27H28N4O5/c1-15-19(27(33)30-11-4-5-21-20(30)9-12-34-21)14-31-25(15)22(8-10-29-31)36-17-6-7-18-23(13-17)35-16(2)24(18)26(32)28-3/h6-8,10,13-14,20-21H,4-5,9,11-12H2,1-3H3,(H,28,32). The number of amides is 2. The highest BCUT2D eigenvalue weighted by Crippen LogP contribution is 2.35. The first-order valence-corrected chi connectivity index (χ1v) is 12.3. The maximum atomic E-state index is 13.6. The Bertz CT molecular complexity index is 1500. The molecule has 2 amide bonds. The molecule has 0 aliphatic carbocycles. The monoisotopic (exact) mass is 488 g/mol. The number of carbonyl (C=O) groups is 2. The summed E-state index contributed by atoms with van der Waals surface area (Å²) >= 11 is 0. The Hall–Kier alpha value is -3.85. The van der Waals surface area contributed by atoms with Crippen molar-refractivity contribution in [2.24, 2.45) is 0 Å². The van der Waals surface area contributed by atoms with E-state index in [2.05, 4.69) is 10.4 Å². The SMILES string of the molecule is CNC(=O)c1c(C)oc2cc(Oc3ccnn4cc(C(=O)N5CCCC6OCCC65)c(C)c34)ccc12. The number of rotatable bonds is 4. The number of piperidine rings is 1. The van der Waals surface area contributed by atoms with Crippen LogP contribution in [0.1, 0.15) is 51.3 Å². The first-order valence-electron chi connectivity index (χ1n) is 12.3. The molecule has 6 rings (SSSR count). The summed E-state index contributed by atoms with van der Waals surface area (Å²) in [7, 11) is 1.59. The van der Waals surface area contributed by atoms with Crippen LogP contribution in [0.3, 0.4) is 0 Å². The van der Waals surface area contributed by atoms with E-state index in [0.717, 1.165) is 42.3 Å². The topological polar surface area (TPSA) is 98.3 Å². The first-order chi connectivity index (χ1) is 17.5. The summed E-state index contributed by atoms with van der Waals surface area (Å²) in [6.45, 7) is 5.15. The van der Waals surface area contributed by atoms with Crippen LogP contribution in [0.25, 0.3) is 16.5 Å². The molecule has 0 saturated carbocycles. The summed E-state index contributed by atoms with van der Waals surface area (Å²) in [5, 5.41) is 7.81. The summed E-state index contributed by atoms with van der Waals surface area (Å²) in [6, 6.07) is 7.32. The van der Waals surface area contributed by atoms with Crippen molar-refractivity contribution in [1.29, 1.82) is 0 Å². The first kappa shape index (κ1) is 22.6. The number of carbonyl (C=O) groups excluding carboxylic acids is 2. The molecule has 4 aromatic rings. The fourth-order valence-electron chi connectivity index (χ4n) is 5.62. The van der Waals surface area contributed by atoms with Crippen molar-refractivity contribution < 1.29 is 23.5 Å². The molecule has 2 saturated heterocycles. The van der Waals surface area contributed by atoms with E-state index in [4.69, 9.17) is 13.9 Å². The third-order valence-electron chi connectivity index (χ3n) is 7.36. The van der Waals surface area contributed by atoms with Crippen LogP contribution < -0.4 is 10.1 Å². The Morgan fingerprint density at radius 2 is 2.06 bits per heavy atom. The number of ether oxygens (including phenoxy) is 2. The predicted molar refractivity (Wildman–Crippen MR) is 133 cm³/mol. The highest BCUT2D eigenvalue weighted by molar-refractivity contribution is 6.07. The van der Waals surface area contributed by atoms with Gasteiger partial charge in [0.15, 0.2) is 5.75 Å². The number of hydrogen-bond donors (Lipinski definition) is 1. The van der Waals surface area contributed by atoms with Crippen molar-refractivity contribution in [2.75, 3.05) is 20.2 Å². The molecule has 1 N–H and O–H groups in total. The lowest BCUT2D eigenvalue weighted by Gasteiger charge is -2.36. The van der Waals surface area contributed by atoms with Crippen LogP contribution in [-0.2, 0) is 4.74 Å². The molecule has 2 aliphatic heterocycles. The Balaban J connectivity index is 1.34. The van der Waals surface area contributed by atoms with Gasteiger partial charge in [-0.1, -0.05) is 0 Å². The molecule has 0 spiro atoms. The van der Waals surface area contributed by atoms with Crippen LogP contribution in [-0.4, -0.2) is 58.7 Å². The molecule has 2 fully saturated rings. The van der Waals surface area contributed by atoms with Crippen LogP contribution >= 0.6 is 0 Å². The number of nitrogens with one attached hydrogen (secondary N) is 1. The van der Waals surface area contributed by atoms with Crippen molar-refractivity contribution in [3.05, 3.63) is 59.1 Å². The van der Waals surface area contributed by atoms with Crippen molar-refractivity contribution in [3.63, 3.8) is 0 Å². The molecule has 2 atom stereocenters. The molecule has 9 heteroatoms. The number of likely N-dealkylation sites (tertiary alicyclic amines) is 1. The second-order valence-corrected chi connectivity index (χ2v) is 9.43.